The summed E-state index contributed by atoms with van der Waals surface area (Å²) in [6.07, 6.45) is -2.61. The van der Waals surface area contributed by atoms with Gasteiger partial charge in [0.25, 0.3) is 17.7 Å². The molecule has 0 spiro atoms. The Bertz CT molecular complexity index is 931. The minimum absolute atomic E-state index is 0.359. The molecule has 0 saturated carbocycles. The van der Waals surface area contributed by atoms with E-state index in [1.807, 2.05) is 0 Å². The fourth-order valence-electron chi connectivity index (χ4n) is 2.56. The van der Waals surface area contributed by atoms with E-state index in [1.54, 1.807) is 54.6 Å². The zero-order valence-corrected chi connectivity index (χ0v) is 15.5. The summed E-state index contributed by atoms with van der Waals surface area (Å²) < 4.78 is 10.5. The van der Waals surface area contributed by atoms with Crippen LogP contribution in [0.3, 0.4) is 0 Å². The van der Waals surface area contributed by atoms with Crippen LogP contribution in [-0.2, 0) is 19.1 Å². The Morgan fingerprint density at radius 3 is 2.52 bits per heavy atom. The predicted molar refractivity (Wildman–Crippen MR) is 102 cm³/mol. The number of ether oxygens (including phenoxy) is 2. The van der Waals surface area contributed by atoms with Gasteiger partial charge in [0.1, 0.15) is 5.75 Å². The summed E-state index contributed by atoms with van der Waals surface area (Å²) in [5.74, 6) is -2.06. The zero-order chi connectivity index (χ0) is 20.8. The van der Waals surface area contributed by atoms with Crippen LogP contribution in [0.5, 0.6) is 5.75 Å². The van der Waals surface area contributed by atoms with E-state index in [9.17, 15) is 19.2 Å². The summed E-state index contributed by atoms with van der Waals surface area (Å²) in [6.45, 7) is 1.35. The van der Waals surface area contributed by atoms with Crippen molar-refractivity contribution in [2.45, 2.75) is 25.6 Å². The summed E-state index contributed by atoms with van der Waals surface area (Å²) >= 11 is 0. The number of hydrogen-bond acceptors (Lipinski definition) is 6. The monoisotopic (exact) mass is 397 g/mol. The third kappa shape index (κ3) is 5.10. The molecule has 29 heavy (non-hydrogen) atoms. The molecule has 0 radical (unpaired) electrons. The lowest BCUT2D eigenvalue weighted by atomic mass is 10.1. The highest BCUT2D eigenvalue weighted by Crippen LogP contribution is 2.29. The van der Waals surface area contributed by atoms with Gasteiger partial charge in [-0.05, 0) is 31.2 Å². The van der Waals surface area contributed by atoms with E-state index in [4.69, 9.17) is 9.47 Å². The Morgan fingerprint density at radius 2 is 1.76 bits per heavy atom. The first-order chi connectivity index (χ1) is 13.9. The molecule has 0 saturated heterocycles. The number of rotatable bonds is 5. The van der Waals surface area contributed by atoms with Gasteiger partial charge in [0.15, 0.2) is 12.2 Å². The molecule has 3 N–H and O–H groups in total. The maximum Gasteiger partial charge on any atom is 0.310 e. The SMILES string of the molecule is C[C@@H](OC(=O)C[C@H]1Oc2ccccc2NC1=O)C(=O)NNC(=O)c1ccccc1. The second-order valence-corrected chi connectivity index (χ2v) is 6.24. The van der Waals surface area contributed by atoms with E-state index in [0.717, 1.165) is 0 Å². The minimum Gasteiger partial charge on any atom is -0.478 e. The fourth-order valence-corrected chi connectivity index (χ4v) is 2.56. The molecule has 1 aliphatic heterocycles. The Labute approximate surface area is 166 Å². The second kappa shape index (κ2) is 8.87. The summed E-state index contributed by atoms with van der Waals surface area (Å²) in [5, 5.41) is 2.64. The van der Waals surface area contributed by atoms with Crippen LogP contribution < -0.4 is 20.9 Å². The molecule has 150 valence electrons. The summed E-state index contributed by atoms with van der Waals surface area (Å²) in [5.41, 5.74) is 5.30. The van der Waals surface area contributed by atoms with Gasteiger partial charge >= 0.3 is 5.97 Å². The molecule has 1 heterocycles. The van der Waals surface area contributed by atoms with Crippen molar-refractivity contribution in [3.05, 3.63) is 60.2 Å². The van der Waals surface area contributed by atoms with Crippen molar-refractivity contribution in [1.29, 1.82) is 0 Å². The van der Waals surface area contributed by atoms with Crippen LogP contribution in [0.2, 0.25) is 0 Å². The predicted octanol–water partition coefficient (Wildman–Crippen LogP) is 1.17. The first kappa shape index (κ1) is 19.9. The standard InChI is InChI=1S/C20H19N3O6/c1-12(18(25)22-23-19(26)13-7-3-2-4-8-13)28-17(24)11-16-20(27)21-14-9-5-6-10-15(14)29-16/h2-10,12,16H,11H2,1H3,(H,21,27)(H,22,25)(H,23,26)/t12-,16-/m1/s1. The highest BCUT2D eigenvalue weighted by Gasteiger charge is 2.31. The Hall–Kier alpha value is -3.88. The minimum atomic E-state index is -1.18. The van der Waals surface area contributed by atoms with Crippen molar-refractivity contribution < 1.29 is 28.7 Å². The van der Waals surface area contributed by atoms with E-state index in [1.165, 1.54) is 6.92 Å². The van der Waals surface area contributed by atoms with Gasteiger partial charge in [0, 0.05) is 5.56 Å². The van der Waals surface area contributed by atoms with Crippen molar-refractivity contribution in [2.24, 2.45) is 0 Å². The largest absolute Gasteiger partial charge is 0.478 e. The molecule has 3 rings (SSSR count). The number of para-hydroxylation sites is 2. The molecule has 0 aliphatic carbocycles. The molecule has 9 nitrogen and oxygen atoms in total. The number of carbonyl (C=O) groups is 4. The van der Waals surface area contributed by atoms with Crippen molar-refractivity contribution >= 4 is 29.4 Å². The lowest BCUT2D eigenvalue weighted by Gasteiger charge is -2.25. The highest BCUT2D eigenvalue weighted by atomic mass is 16.6. The molecule has 3 amide bonds. The van der Waals surface area contributed by atoms with Crippen LogP contribution in [0.1, 0.15) is 23.7 Å². The lowest BCUT2D eigenvalue weighted by Crippen LogP contribution is -2.47. The highest BCUT2D eigenvalue weighted by molar-refractivity contribution is 5.99. The first-order valence-electron chi connectivity index (χ1n) is 8.85. The third-order valence-electron chi connectivity index (χ3n) is 4.07. The average Bonchev–Trinajstić information content (AvgIpc) is 2.72. The van der Waals surface area contributed by atoms with Gasteiger partial charge < -0.3 is 14.8 Å². The Morgan fingerprint density at radius 1 is 1.07 bits per heavy atom. The molecule has 2 aromatic rings. The van der Waals surface area contributed by atoms with Crippen molar-refractivity contribution in [3.63, 3.8) is 0 Å². The maximum absolute atomic E-state index is 12.1. The average molecular weight is 397 g/mol. The Balaban J connectivity index is 1.47. The van der Waals surface area contributed by atoms with Crippen LogP contribution in [0.15, 0.2) is 54.6 Å². The van der Waals surface area contributed by atoms with Crippen LogP contribution in [0.4, 0.5) is 5.69 Å². The van der Waals surface area contributed by atoms with Crippen LogP contribution in [0.25, 0.3) is 0 Å². The van der Waals surface area contributed by atoms with Gasteiger partial charge in [0.2, 0.25) is 0 Å². The number of fused-ring (bicyclic) bond motifs is 1. The van der Waals surface area contributed by atoms with E-state index >= 15 is 0 Å². The smallest absolute Gasteiger partial charge is 0.310 e. The number of amides is 3. The van der Waals surface area contributed by atoms with Gasteiger partial charge in [-0.3, -0.25) is 30.0 Å². The number of nitrogens with one attached hydrogen (secondary N) is 3. The second-order valence-electron chi connectivity index (χ2n) is 6.24. The fraction of sp³-hybridized carbons (Fsp3) is 0.200. The van der Waals surface area contributed by atoms with Crippen molar-refractivity contribution in [2.75, 3.05) is 5.32 Å². The quantitative estimate of drug-likeness (QED) is 0.514. The maximum atomic E-state index is 12.1. The summed E-state index contributed by atoms with van der Waals surface area (Å²) in [4.78, 5) is 48.1. The molecule has 0 aromatic heterocycles. The van der Waals surface area contributed by atoms with Gasteiger partial charge in [-0.25, -0.2) is 0 Å². The molecule has 0 unspecified atom stereocenters. The van der Waals surface area contributed by atoms with E-state index in [2.05, 4.69) is 16.2 Å². The molecule has 2 atom stereocenters. The number of hydrogen-bond donors (Lipinski definition) is 3. The molecule has 2 aromatic carbocycles. The molecule has 0 fully saturated rings. The number of esters is 1. The molecule has 0 bridgehead atoms. The van der Waals surface area contributed by atoms with Crippen LogP contribution >= 0.6 is 0 Å². The van der Waals surface area contributed by atoms with Gasteiger partial charge in [-0.1, -0.05) is 30.3 Å². The molecular weight excluding hydrogens is 378 g/mol. The summed E-state index contributed by atoms with van der Waals surface area (Å²) in [6, 6.07) is 15.1. The number of carbonyl (C=O) groups excluding carboxylic acids is 4. The molecule has 9 heteroatoms. The first-order valence-corrected chi connectivity index (χ1v) is 8.85. The molecule has 1 aliphatic rings. The van der Waals surface area contributed by atoms with E-state index in [0.29, 0.717) is 17.0 Å². The van der Waals surface area contributed by atoms with Gasteiger partial charge in [-0.2, -0.15) is 0 Å². The zero-order valence-electron chi connectivity index (χ0n) is 15.5. The Kier molecular flexibility index (Phi) is 6.08. The number of anilines is 1. The van der Waals surface area contributed by atoms with E-state index < -0.39 is 35.9 Å². The third-order valence-corrected chi connectivity index (χ3v) is 4.07. The summed E-state index contributed by atoms with van der Waals surface area (Å²) in [7, 11) is 0. The van der Waals surface area contributed by atoms with Gasteiger partial charge in [0.05, 0.1) is 12.1 Å². The van der Waals surface area contributed by atoms with Crippen molar-refractivity contribution in [1.82, 2.24) is 10.9 Å². The van der Waals surface area contributed by atoms with E-state index in [-0.39, 0.29) is 6.42 Å². The van der Waals surface area contributed by atoms with Crippen LogP contribution in [-0.4, -0.2) is 35.9 Å². The number of benzene rings is 2. The number of hydrazine groups is 1. The van der Waals surface area contributed by atoms with Crippen molar-refractivity contribution in [3.8, 4) is 5.75 Å². The topological polar surface area (TPSA) is 123 Å². The lowest BCUT2D eigenvalue weighted by molar-refractivity contribution is -0.157. The van der Waals surface area contributed by atoms with Gasteiger partial charge in [-0.15, -0.1) is 0 Å². The molecular formula is C20H19N3O6. The normalized spacial score (nSPS) is 15.8. The van der Waals surface area contributed by atoms with Crippen LogP contribution in [0, 0.1) is 0 Å².